The minimum absolute atomic E-state index is 0.690. The van der Waals surface area contributed by atoms with E-state index in [-0.39, 0.29) is 0 Å². The highest BCUT2D eigenvalue weighted by Crippen LogP contribution is 2.27. The minimum atomic E-state index is 0.690. The Labute approximate surface area is 147 Å². The summed E-state index contributed by atoms with van der Waals surface area (Å²) in [7, 11) is 0. The molecule has 1 aliphatic rings. The molecule has 0 radical (unpaired) electrons. The average Bonchev–Trinajstić information content (AvgIpc) is 3.06. The average molecular weight is 331 g/mol. The number of nitrogens with one attached hydrogen (secondary N) is 1. The first-order valence-corrected chi connectivity index (χ1v) is 8.69. The first kappa shape index (κ1) is 15.6. The van der Waals surface area contributed by atoms with Crippen LogP contribution < -0.4 is 10.2 Å². The van der Waals surface area contributed by atoms with Crippen molar-refractivity contribution in [2.75, 3.05) is 23.3 Å². The number of aromatic nitrogens is 2. The molecule has 0 fully saturated rings. The number of fused-ring (bicyclic) bond motifs is 2. The van der Waals surface area contributed by atoms with Crippen LogP contribution in [0.15, 0.2) is 53.8 Å². The molecule has 0 atom stereocenters. The highest BCUT2D eigenvalue weighted by Gasteiger charge is 2.17. The highest BCUT2D eigenvalue weighted by atomic mass is 15.2. The second-order valence-corrected chi connectivity index (χ2v) is 6.04. The molecule has 0 unspecified atom stereocenters. The third-order valence-electron chi connectivity index (χ3n) is 4.59. The van der Waals surface area contributed by atoms with Gasteiger partial charge >= 0.3 is 0 Å². The number of aliphatic imine (C=N–C) groups is 1. The number of benzene rings is 1. The van der Waals surface area contributed by atoms with E-state index in [2.05, 4.69) is 69.4 Å². The van der Waals surface area contributed by atoms with E-state index in [1.165, 1.54) is 16.3 Å². The lowest BCUT2D eigenvalue weighted by Gasteiger charge is -2.21. The molecule has 3 aromatic rings. The molecule has 2 aromatic heterocycles. The molecule has 0 amide bonds. The molecule has 5 heteroatoms. The zero-order chi connectivity index (χ0) is 17.2. The summed E-state index contributed by atoms with van der Waals surface area (Å²) < 4.78 is 0. The molecule has 5 nitrogen and oxygen atoms in total. The van der Waals surface area contributed by atoms with Crippen molar-refractivity contribution < 1.29 is 0 Å². The summed E-state index contributed by atoms with van der Waals surface area (Å²) in [4.78, 5) is 15.9. The summed E-state index contributed by atoms with van der Waals surface area (Å²) in [5, 5.41) is 5.76. The first-order valence-electron chi connectivity index (χ1n) is 8.69. The van der Waals surface area contributed by atoms with E-state index in [0.29, 0.717) is 6.54 Å². The molecule has 0 saturated heterocycles. The fourth-order valence-corrected chi connectivity index (χ4v) is 3.27. The SMILES string of the molecule is CCN(CC)c1nccc2cc(NC3=NCc4cccnc43)ccc12. The lowest BCUT2D eigenvalue weighted by Crippen LogP contribution is -2.23. The molecule has 0 spiro atoms. The van der Waals surface area contributed by atoms with Crippen LogP contribution in [-0.4, -0.2) is 28.9 Å². The van der Waals surface area contributed by atoms with E-state index >= 15 is 0 Å². The van der Waals surface area contributed by atoms with Gasteiger partial charge in [0.2, 0.25) is 0 Å². The van der Waals surface area contributed by atoms with Gasteiger partial charge in [-0.3, -0.25) is 9.98 Å². The van der Waals surface area contributed by atoms with Gasteiger partial charge in [-0.25, -0.2) is 4.98 Å². The van der Waals surface area contributed by atoms with Crippen molar-refractivity contribution in [3.8, 4) is 0 Å². The van der Waals surface area contributed by atoms with Gasteiger partial charge in [-0.05, 0) is 49.6 Å². The van der Waals surface area contributed by atoms with E-state index in [9.17, 15) is 0 Å². The number of amidine groups is 1. The number of anilines is 2. The number of pyridine rings is 2. The summed E-state index contributed by atoms with van der Waals surface area (Å²) in [5.41, 5.74) is 3.13. The Bertz CT molecular complexity index is 944. The van der Waals surface area contributed by atoms with Crippen molar-refractivity contribution >= 4 is 28.1 Å². The predicted molar refractivity (Wildman–Crippen MR) is 103 cm³/mol. The van der Waals surface area contributed by atoms with E-state index in [1.54, 1.807) is 0 Å². The zero-order valence-corrected chi connectivity index (χ0v) is 14.5. The Morgan fingerprint density at radius 3 is 2.76 bits per heavy atom. The Hall–Kier alpha value is -2.95. The highest BCUT2D eigenvalue weighted by molar-refractivity contribution is 6.10. The molecule has 1 aliphatic heterocycles. The van der Waals surface area contributed by atoms with Gasteiger partial charge in [-0.1, -0.05) is 6.07 Å². The van der Waals surface area contributed by atoms with Crippen molar-refractivity contribution in [2.24, 2.45) is 4.99 Å². The van der Waals surface area contributed by atoms with Crippen molar-refractivity contribution in [3.05, 3.63) is 60.0 Å². The summed E-state index contributed by atoms with van der Waals surface area (Å²) in [5.74, 6) is 1.88. The monoisotopic (exact) mass is 331 g/mol. The Morgan fingerprint density at radius 1 is 1.04 bits per heavy atom. The first-order chi connectivity index (χ1) is 12.3. The Morgan fingerprint density at radius 2 is 1.92 bits per heavy atom. The summed E-state index contributed by atoms with van der Waals surface area (Å²) in [6, 6.07) is 12.4. The van der Waals surface area contributed by atoms with Crippen molar-refractivity contribution in [3.63, 3.8) is 0 Å². The van der Waals surface area contributed by atoms with Crippen LogP contribution in [0.2, 0.25) is 0 Å². The normalized spacial score (nSPS) is 12.8. The van der Waals surface area contributed by atoms with Crippen LogP contribution in [0.25, 0.3) is 10.8 Å². The van der Waals surface area contributed by atoms with E-state index < -0.39 is 0 Å². The fourth-order valence-electron chi connectivity index (χ4n) is 3.27. The maximum absolute atomic E-state index is 4.58. The standard InChI is InChI=1S/C20H21N5/c1-3-25(4-2)20-17-8-7-16(12-14(17)9-11-22-20)24-19-18-15(13-23-19)6-5-10-21-18/h5-12H,3-4,13H2,1-2H3,(H,23,24). The number of hydrogen-bond acceptors (Lipinski definition) is 5. The molecule has 0 bridgehead atoms. The van der Waals surface area contributed by atoms with Gasteiger partial charge in [0.1, 0.15) is 11.5 Å². The fraction of sp³-hybridized carbons (Fsp3) is 0.250. The summed E-state index contributed by atoms with van der Waals surface area (Å²) in [6.07, 6.45) is 3.69. The third-order valence-corrected chi connectivity index (χ3v) is 4.59. The van der Waals surface area contributed by atoms with E-state index in [0.717, 1.165) is 36.1 Å². The smallest absolute Gasteiger partial charge is 0.152 e. The van der Waals surface area contributed by atoms with Crippen LogP contribution in [-0.2, 0) is 6.54 Å². The predicted octanol–water partition coefficient (Wildman–Crippen LogP) is 3.85. The molecule has 4 rings (SSSR count). The molecule has 0 saturated carbocycles. The van der Waals surface area contributed by atoms with Gasteiger partial charge in [0.15, 0.2) is 5.84 Å². The quantitative estimate of drug-likeness (QED) is 0.789. The van der Waals surface area contributed by atoms with Gasteiger partial charge < -0.3 is 10.2 Å². The number of hydrogen-bond donors (Lipinski definition) is 1. The largest absolute Gasteiger partial charge is 0.357 e. The summed E-state index contributed by atoms with van der Waals surface area (Å²) in [6.45, 7) is 6.89. The van der Waals surface area contributed by atoms with Crippen LogP contribution in [0.5, 0.6) is 0 Å². The van der Waals surface area contributed by atoms with Crippen molar-refractivity contribution in [1.82, 2.24) is 9.97 Å². The number of rotatable bonds is 4. The van der Waals surface area contributed by atoms with Crippen LogP contribution >= 0.6 is 0 Å². The molecule has 25 heavy (non-hydrogen) atoms. The lowest BCUT2D eigenvalue weighted by atomic mass is 10.1. The maximum atomic E-state index is 4.58. The maximum Gasteiger partial charge on any atom is 0.152 e. The molecule has 1 aromatic carbocycles. The minimum Gasteiger partial charge on any atom is -0.357 e. The van der Waals surface area contributed by atoms with Crippen molar-refractivity contribution in [1.29, 1.82) is 0 Å². The molecule has 3 heterocycles. The van der Waals surface area contributed by atoms with Gasteiger partial charge in [0.05, 0.1) is 6.54 Å². The Kier molecular flexibility index (Phi) is 4.06. The van der Waals surface area contributed by atoms with E-state index in [4.69, 9.17) is 0 Å². The summed E-state index contributed by atoms with van der Waals surface area (Å²) >= 11 is 0. The van der Waals surface area contributed by atoms with Crippen molar-refractivity contribution in [2.45, 2.75) is 20.4 Å². The molecular formula is C20H21N5. The molecule has 1 N–H and O–H groups in total. The van der Waals surface area contributed by atoms with Gasteiger partial charge in [0.25, 0.3) is 0 Å². The molecule has 126 valence electrons. The van der Waals surface area contributed by atoms with Gasteiger partial charge in [0, 0.05) is 42.1 Å². The van der Waals surface area contributed by atoms with Crippen LogP contribution in [0, 0.1) is 0 Å². The van der Waals surface area contributed by atoms with Crippen LogP contribution in [0.3, 0.4) is 0 Å². The van der Waals surface area contributed by atoms with Crippen LogP contribution in [0.4, 0.5) is 11.5 Å². The molecule has 0 aliphatic carbocycles. The van der Waals surface area contributed by atoms with Gasteiger partial charge in [-0.15, -0.1) is 0 Å². The van der Waals surface area contributed by atoms with Gasteiger partial charge in [-0.2, -0.15) is 0 Å². The van der Waals surface area contributed by atoms with Crippen LogP contribution in [0.1, 0.15) is 25.1 Å². The topological polar surface area (TPSA) is 53.4 Å². The number of nitrogens with zero attached hydrogens (tertiary/aromatic N) is 4. The second-order valence-electron chi connectivity index (χ2n) is 6.04. The lowest BCUT2D eigenvalue weighted by molar-refractivity contribution is 0.852. The second kappa shape index (κ2) is 6.51. The van der Waals surface area contributed by atoms with E-state index in [1.807, 2.05) is 18.5 Å². The third kappa shape index (κ3) is 2.82. The molecular weight excluding hydrogens is 310 g/mol. The Balaban J connectivity index is 1.67. The zero-order valence-electron chi connectivity index (χ0n) is 14.5.